The van der Waals surface area contributed by atoms with E-state index < -0.39 is 0 Å². The number of methoxy groups -OCH3 is 1. The van der Waals surface area contributed by atoms with E-state index in [4.69, 9.17) is 14.7 Å². The van der Waals surface area contributed by atoms with E-state index in [1.54, 1.807) is 7.11 Å². The minimum absolute atomic E-state index is 0.0229. The molecule has 1 atom stereocenters. The number of hydrogen-bond donors (Lipinski definition) is 1. The Morgan fingerprint density at radius 3 is 2.45 bits per heavy atom. The Morgan fingerprint density at radius 1 is 1.16 bits per heavy atom. The number of aryl methyl sites for hydroxylation is 2. The van der Waals surface area contributed by atoms with Crippen molar-refractivity contribution in [2.75, 3.05) is 20.2 Å². The van der Waals surface area contributed by atoms with Crippen LogP contribution >= 0.6 is 0 Å². The van der Waals surface area contributed by atoms with Crippen LogP contribution in [0.15, 0.2) is 12.1 Å². The number of aromatic nitrogens is 2. The summed E-state index contributed by atoms with van der Waals surface area (Å²) in [6.07, 6.45) is 1.39. The first-order valence-corrected chi connectivity index (χ1v) is 11.2. The van der Waals surface area contributed by atoms with Crippen molar-refractivity contribution >= 4 is 5.91 Å². The van der Waals surface area contributed by atoms with E-state index in [9.17, 15) is 4.79 Å². The number of likely N-dealkylation sites (tertiary alicyclic amines) is 1. The first kappa shape index (κ1) is 23.2. The minimum Gasteiger partial charge on any atom is -0.496 e. The fraction of sp³-hybridized carbons (Fsp3) is 0.560. The average molecular weight is 425 g/mol. The van der Waals surface area contributed by atoms with E-state index in [2.05, 4.69) is 36.2 Å². The molecule has 1 saturated heterocycles. The third-order valence-electron chi connectivity index (χ3n) is 6.33. The Balaban J connectivity index is 1.69. The smallest absolute Gasteiger partial charge is 0.224 e. The average Bonchev–Trinajstić information content (AvgIpc) is 3.16. The van der Waals surface area contributed by atoms with E-state index in [0.717, 1.165) is 54.6 Å². The van der Waals surface area contributed by atoms with Gasteiger partial charge in [-0.15, -0.1) is 0 Å². The molecule has 0 unspecified atom stereocenters. The van der Waals surface area contributed by atoms with Gasteiger partial charge in [0.05, 0.1) is 13.5 Å². The lowest BCUT2D eigenvalue weighted by molar-refractivity contribution is -0.120. The van der Waals surface area contributed by atoms with Crippen LogP contribution in [0.1, 0.15) is 65.7 Å². The number of ether oxygens (including phenoxy) is 1. The summed E-state index contributed by atoms with van der Waals surface area (Å²) in [5.41, 5.74) is 6.64. The maximum atomic E-state index is 12.2. The largest absolute Gasteiger partial charge is 0.496 e. The molecule has 2 heterocycles. The molecule has 0 bridgehead atoms. The van der Waals surface area contributed by atoms with E-state index in [-0.39, 0.29) is 11.9 Å². The van der Waals surface area contributed by atoms with Crippen LogP contribution in [0.25, 0.3) is 0 Å². The molecule has 0 aliphatic carbocycles. The molecule has 1 aliphatic heterocycles. The SMILES string of the molecule is COc1ccc(CN2CC[C@@H](c3nc(C)c(CC(=O)NC(C)C)c(C)n3)C2)c(C)c1C. The molecule has 6 nitrogen and oxygen atoms in total. The Morgan fingerprint density at radius 2 is 1.84 bits per heavy atom. The second-order valence-corrected chi connectivity index (χ2v) is 9.03. The number of nitrogens with one attached hydrogen (secondary N) is 1. The highest BCUT2D eigenvalue weighted by Crippen LogP contribution is 2.30. The van der Waals surface area contributed by atoms with E-state index >= 15 is 0 Å². The standard InChI is InChI=1S/C25H36N4O2/c1-15(2)26-24(30)12-22-18(5)27-25(28-19(22)6)21-10-11-29(14-21)13-20-8-9-23(31-7)17(4)16(20)3/h8-9,15,21H,10-14H2,1-7H3,(H,26,30)/t21-/m1/s1. The van der Waals surface area contributed by atoms with Gasteiger partial charge in [0, 0.05) is 42.0 Å². The molecule has 0 radical (unpaired) electrons. The fourth-order valence-electron chi connectivity index (χ4n) is 4.41. The quantitative estimate of drug-likeness (QED) is 0.733. The second kappa shape index (κ2) is 9.77. The van der Waals surface area contributed by atoms with Gasteiger partial charge in [-0.3, -0.25) is 9.69 Å². The van der Waals surface area contributed by atoms with Gasteiger partial charge < -0.3 is 10.1 Å². The molecule has 1 aromatic carbocycles. The third kappa shape index (κ3) is 5.42. The summed E-state index contributed by atoms with van der Waals surface area (Å²) in [5.74, 6) is 2.21. The topological polar surface area (TPSA) is 67.3 Å². The summed E-state index contributed by atoms with van der Waals surface area (Å²) < 4.78 is 5.45. The molecule has 0 saturated carbocycles. The molecule has 1 aromatic heterocycles. The van der Waals surface area contributed by atoms with Crippen LogP contribution in [0, 0.1) is 27.7 Å². The number of carbonyl (C=O) groups excluding carboxylic acids is 1. The lowest BCUT2D eigenvalue weighted by Crippen LogP contribution is -2.32. The number of rotatable bonds is 7. The zero-order chi connectivity index (χ0) is 22.7. The van der Waals surface area contributed by atoms with Crippen LogP contribution in [0.3, 0.4) is 0 Å². The molecule has 0 spiro atoms. The zero-order valence-corrected chi connectivity index (χ0v) is 20.0. The van der Waals surface area contributed by atoms with Gasteiger partial charge in [0.25, 0.3) is 0 Å². The summed E-state index contributed by atoms with van der Waals surface area (Å²) in [4.78, 5) is 24.3. The van der Waals surface area contributed by atoms with Crippen LogP contribution in [0.5, 0.6) is 5.75 Å². The van der Waals surface area contributed by atoms with Gasteiger partial charge in [-0.25, -0.2) is 9.97 Å². The van der Waals surface area contributed by atoms with Crippen LogP contribution < -0.4 is 10.1 Å². The van der Waals surface area contributed by atoms with Gasteiger partial charge in [0.2, 0.25) is 5.91 Å². The van der Waals surface area contributed by atoms with E-state index in [1.165, 1.54) is 16.7 Å². The first-order valence-electron chi connectivity index (χ1n) is 11.2. The van der Waals surface area contributed by atoms with Crippen molar-refractivity contribution < 1.29 is 9.53 Å². The van der Waals surface area contributed by atoms with E-state index in [0.29, 0.717) is 12.3 Å². The van der Waals surface area contributed by atoms with Crippen molar-refractivity contribution in [3.05, 3.63) is 51.6 Å². The van der Waals surface area contributed by atoms with Crippen molar-refractivity contribution in [2.45, 2.75) is 72.9 Å². The number of nitrogens with zero attached hydrogens (tertiary/aromatic N) is 3. The molecule has 168 valence electrons. The molecular weight excluding hydrogens is 388 g/mol. The van der Waals surface area contributed by atoms with Gasteiger partial charge in [-0.1, -0.05) is 6.07 Å². The summed E-state index contributed by atoms with van der Waals surface area (Å²) in [6, 6.07) is 4.38. The highest BCUT2D eigenvalue weighted by Gasteiger charge is 2.27. The molecule has 2 aromatic rings. The highest BCUT2D eigenvalue weighted by atomic mass is 16.5. The number of carbonyl (C=O) groups is 1. The summed E-state index contributed by atoms with van der Waals surface area (Å²) >= 11 is 0. The Bertz CT molecular complexity index is 932. The van der Waals surface area contributed by atoms with Crippen LogP contribution in [-0.2, 0) is 17.8 Å². The number of amides is 1. The lowest BCUT2D eigenvalue weighted by atomic mass is 10.0. The van der Waals surface area contributed by atoms with Gasteiger partial charge in [0.1, 0.15) is 11.6 Å². The summed E-state index contributed by atoms with van der Waals surface area (Å²) in [7, 11) is 1.72. The van der Waals surface area contributed by atoms with Gasteiger partial charge in [-0.05, 0) is 77.3 Å². The molecule has 1 fully saturated rings. The van der Waals surface area contributed by atoms with Gasteiger partial charge in [0.15, 0.2) is 0 Å². The number of hydrogen-bond acceptors (Lipinski definition) is 5. The van der Waals surface area contributed by atoms with Crippen LogP contribution in [-0.4, -0.2) is 47.0 Å². The molecule has 1 amide bonds. The summed E-state index contributed by atoms with van der Waals surface area (Å²) in [6.45, 7) is 15.1. The normalized spacial score (nSPS) is 16.7. The third-order valence-corrected chi connectivity index (χ3v) is 6.33. The number of benzene rings is 1. The Labute approximate surface area is 186 Å². The fourth-order valence-corrected chi connectivity index (χ4v) is 4.41. The Kier molecular flexibility index (Phi) is 7.31. The summed E-state index contributed by atoms with van der Waals surface area (Å²) in [5, 5.41) is 2.95. The zero-order valence-electron chi connectivity index (χ0n) is 20.0. The van der Waals surface area contributed by atoms with Crippen molar-refractivity contribution in [2.24, 2.45) is 0 Å². The van der Waals surface area contributed by atoms with Crippen molar-refractivity contribution in [1.29, 1.82) is 0 Å². The molecule has 1 aliphatic rings. The van der Waals surface area contributed by atoms with Crippen LogP contribution in [0.4, 0.5) is 0 Å². The maximum Gasteiger partial charge on any atom is 0.224 e. The Hall–Kier alpha value is -2.47. The predicted molar refractivity (Wildman–Crippen MR) is 124 cm³/mol. The van der Waals surface area contributed by atoms with E-state index in [1.807, 2.05) is 27.7 Å². The minimum atomic E-state index is 0.0229. The maximum absolute atomic E-state index is 12.2. The second-order valence-electron chi connectivity index (χ2n) is 9.03. The highest BCUT2D eigenvalue weighted by molar-refractivity contribution is 5.79. The van der Waals surface area contributed by atoms with Gasteiger partial charge in [-0.2, -0.15) is 0 Å². The lowest BCUT2D eigenvalue weighted by Gasteiger charge is -2.19. The molecule has 31 heavy (non-hydrogen) atoms. The van der Waals surface area contributed by atoms with Gasteiger partial charge >= 0.3 is 0 Å². The predicted octanol–water partition coefficient (Wildman–Crippen LogP) is 3.78. The van der Waals surface area contributed by atoms with Crippen molar-refractivity contribution in [3.63, 3.8) is 0 Å². The van der Waals surface area contributed by atoms with Crippen LogP contribution in [0.2, 0.25) is 0 Å². The molecule has 1 N–H and O–H groups in total. The molecule has 6 heteroatoms. The molecule has 3 rings (SSSR count). The monoisotopic (exact) mass is 424 g/mol. The van der Waals surface area contributed by atoms with Crippen molar-refractivity contribution in [1.82, 2.24) is 20.2 Å². The molecular formula is C25H36N4O2. The van der Waals surface area contributed by atoms with Crippen molar-refractivity contribution in [3.8, 4) is 5.75 Å². The first-order chi connectivity index (χ1) is 14.7.